The number of aliphatic hydroxyl groups is 1. The lowest BCUT2D eigenvalue weighted by Gasteiger charge is -2.08. The molecule has 0 bridgehead atoms. The second kappa shape index (κ2) is 4.91. The molecule has 0 aromatic heterocycles. The van der Waals surface area contributed by atoms with Gasteiger partial charge in [-0.2, -0.15) is 0 Å². The van der Waals surface area contributed by atoms with Crippen LogP contribution in [0, 0.1) is 11.6 Å². The van der Waals surface area contributed by atoms with Crippen molar-refractivity contribution in [3.05, 3.63) is 29.8 Å². The van der Waals surface area contributed by atoms with Crippen molar-refractivity contribution in [3.63, 3.8) is 0 Å². The van der Waals surface area contributed by atoms with Crippen molar-refractivity contribution in [3.8, 4) is 5.75 Å². The molecular weight excluding hydrogens is 190 g/mol. The Kier molecular flexibility index (Phi) is 3.83. The van der Waals surface area contributed by atoms with E-state index in [9.17, 15) is 8.78 Å². The Balaban J connectivity index is 2.53. The minimum atomic E-state index is -0.600. The first-order chi connectivity index (χ1) is 6.59. The molecular formula is C10H12F2O2. The van der Waals surface area contributed by atoms with Gasteiger partial charge in [-0.05, 0) is 19.1 Å². The van der Waals surface area contributed by atoms with Crippen molar-refractivity contribution in [2.45, 2.75) is 19.4 Å². The van der Waals surface area contributed by atoms with Crippen LogP contribution in [0.4, 0.5) is 8.78 Å². The summed E-state index contributed by atoms with van der Waals surface area (Å²) in [5.41, 5.74) is 0. The van der Waals surface area contributed by atoms with Crippen molar-refractivity contribution in [1.29, 1.82) is 0 Å². The zero-order valence-corrected chi connectivity index (χ0v) is 7.84. The van der Waals surface area contributed by atoms with Crippen molar-refractivity contribution in [1.82, 2.24) is 0 Å². The third-order valence-electron chi connectivity index (χ3n) is 1.69. The van der Waals surface area contributed by atoms with Gasteiger partial charge in [0.25, 0.3) is 0 Å². The monoisotopic (exact) mass is 202 g/mol. The molecule has 0 aliphatic rings. The Bertz CT molecular complexity index is 300. The third kappa shape index (κ3) is 3.30. The summed E-state index contributed by atoms with van der Waals surface area (Å²) in [5.74, 6) is -1.26. The summed E-state index contributed by atoms with van der Waals surface area (Å²) in [5, 5.41) is 8.91. The van der Waals surface area contributed by atoms with Gasteiger partial charge < -0.3 is 9.84 Å². The van der Waals surface area contributed by atoms with Gasteiger partial charge in [-0.3, -0.25) is 0 Å². The van der Waals surface area contributed by atoms with Crippen molar-refractivity contribution in [2.24, 2.45) is 0 Å². The molecule has 1 unspecified atom stereocenters. The Hall–Kier alpha value is -1.16. The maximum absolute atomic E-state index is 12.9. The fourth-order valence-electron chi connectivity index (χ4n) is 0.927. The molecule has 1 aromatic carbocycles. The molecule has 0 spiro atoms. The molecule has 0 saturated carbocycles. The number of ether oxygens (including phenoxy) is 1. The average molecular weight is 202 g/mol. The summed E-state index contributed by atoms with van der Waals surface area (Å²) in [7, 11) is 0. The molecule has 0 aliphatic heterocycles. The molecule has 1 aromatic rings. The Labute approximate surface area is 81.1 Å². The molecule has 0 radical (unpaired) electrons. The van der Waals surface area contributed by atoms with E-state index in [0.717, 1.165) is 18.2 Å². The van der Waals surface area contributed by atoms with Crippen LogP contribution in [0.1, 0.15) is 13.3 Å². The van der Waals surface area contributed by atoms with E-state index >= 15 is 0 Å². The highest BCUT2D eigenvalue weighted by Crippen LogP contribution is 2.18. The maximum Gasteiger partial charge on any atom is 0.165 e. The number of hydrogen-bond donors (Lipinski definition) is 1. The Morgan fingerprint density at radius 1 is 1.43 bits per heavy atom. The zero-order valence-electron chi connectivity index (χ0n) is 7.84. The SMILES string of the molecule is CC(O)CCOc1cc(F)ccc1F. The largest absolute Gasteiger partial charge is 0.490 e. The average Bonchev–Trinajstić information content (AvgIpc) is 2.10. The lowest BCUT2D eigenvalue weighted by atomic mass is 10.3. The van der Waals surface area contributed by atoms with E-state index in [-0.39, 0.29) is 12.4 Å². The first-order valence-corrected chi connectivity index (χ1v) is 4.35. The van der Waals surface area contributed by atoms with Gasteiger partial charge in [0.05, 0.1) is 12.7 Å². The molecule has 2 nitrogen and oxygen atoms in total. The topological polar surface area (TPSA) is 29.5 Å². The highest BCUT2D eigenvalue weighted by Gasteiger charge is 2.05. The third-order valence-corrected chi connectivity index (χ3v) is 1.69. The number of aliphatic hydroxyl groups excluding tert-OH is 1. The summed E-state index contributed by atoms with van der Waals surface area (Å²) in [4.78, 5) is 0. The van der Waals surface area contributed by atoms with E-state index < -0.39 is 17.7 Å². The molecule has 4 heteroatoms. The van der Waals surface area contributed by atoms with Gasteiger partial charge in [0.1, 0.15) is 5.82 Å². The summed E-state index contributed by atoms with van der Waals surface area (Å²) in [6, 6.07) is 3.02. The van der Waals surface area contributed by atoms with Gasteiger partial charge >= 0.3 is 0 Å². The second-order valence-electron chi connectivity index (χ2n) is 3.06. The Morgan fingerprint density at radius 3 is 2.79 bits per heavy atom. The molecule has 78 valence electrons. The van der Waals surface area contributed by atoms with Gasteiger partial charge in [0.15, 0.2) is 11.6 Å². The maximum atomic E-state index is 12.9. The van der Waals surface area contributed by atoms with Crippen LogP contribution in [-0.2, 0) is 0 Å². The normalized spacial score (nSPS) is 12.6. The first kappa shape index (κ1) is 10.9. The smallest absolute Gasteiger partial charge is 0.165 e. The van der Waals surface area contributed by atoms with E-state index in [1.54, 1.807) is 6.92 Å². The van der Waals surface area contributed by atoms with Crippen LogP contribution in [-0.4, -0.2) is 17.8 Å². The van der Waals surface area contributed by atoms with E-state index in [0.29, 0.717) is 6.42 Å². The van der Waals surface area contributed by atoms with Crippen LogP contribution in [0.15, 0.2) is 18.2 Å². The molecule has 0 heterocycles. The standard InChI is InChI=1S/C10H12F2O2/c1-7(13)4-5-14-10-6-8(11)2-3-9(10)12/h2-3,6-7,13H,4-5H2,1H3. The van der Waals surface area contributed by atoms with Crippen LogP contribution >= 0.6 is 0 Å². The first-order valence-electron chi connectivity index (χ1n) is 4.35. The highest BCUT2D eigenvalue weighted by atomic mass is 19.1. The summed E-state index contributed by atoms with van der Waals surface area (Å²) in [6.07, 6.45) is -0.123. The Morgan fingerprint density at radius 2 is 2.14 bits per heavy atom. The summed E-state index contributed by atoms with van der Waals surface area (Å²) >= 11 is 0. The van der Waals surface area contributed by atoms with Gasteiger partial charge in [-0.1, -0.05) is 0 Å². The molecule has 0 amide bonds. The fraction of sp³-hybridized carbons (Fsp3) is 0.400. The van der Waals surface area contributed by atoms with Gasteiger partial charge in [-0.15, -0.1) is 0 Å². The number of rotatable bonds is 4. The van der Waals surface area contributed by atoms with Crippen LogP contribution < -0.4 is 4.74 Å². The van der Waals surface area contributed by atoms with Gasteiger partial charge in [0.2, 0.25) is 0 Å². The molecule has 0 saturated heterocycles. The highest BCUT2D eigenvalue weighted by molar-refractivity contribution is 5.24. The number of halogens is 2. The van der Waals surface area contributed by atoms with E-state index in [1.165, 1.54) is 0 Å². The molecule has 14 heavy (non-hydrogen) atoms. The van der Waals surface area contributed by atoms with Crippen molar-refractivity contribution < 1.29 is 18.6 Å². The minimum absolute atomic E-state index is 0.120. The van der Waals surface area contributed by atoms with Gasteiger partial charge in [0, 0.05) is 12.5 Å². The lowest BCUT2D eigenvalue weighted by molar-refractivity contribution is 0.153. The minimum Gasteiger partial charge on any atom is -0.490 e. The predicted octanol–water partition coefficient (Wildman–Crippen LogP) is 2.11. The van der Waals surface area contributed by atoms with Crippen molar-refractivity contribution >= 4 is 0 Å². The predicted molar refractivity (Wildman–Crippen MR) is 48.2 cm³/mol. The molecule has 0 aliphatic carbocycles. The number of benzene rings is 1. The van der Waals surface area contributed by atoms with Gasteiger partial charge in [-0.25, -0.2) is 8.78 Å². The molecule has 1 atom stereocenters. The number of hydrogen-bond acceptors (Lipinski definition) is 2. The van der Waals surface area contributed by atoms with Crippen LogP contribution in [0.2, 0.25) is 0 Å². The van der Waals surface area contributed by atoms with E-state index in [4.69, 9.17) is 9.84 Å². The van der Waals surface area contributed by atoms with Crippen LogP contribution in [0.3, 0.4) is 0 Å². The van der Waals surface area contributed by atoms with Crippen LogP contribution in [0.5, 0.6) is 5.75 Å². The molecule has 0 fully saturated rings. The quantitative estimate of drug-likeness (QED) is 0.810. The second-order valence-corrected chi connectivity index (χ2v) is 3.06. The zero-order chi connectivity index (χ0) is 10.6. The summed E-state index contributed by atoms with van der Waals surface area (Å²) < 4.78 is 30.5. The molecule has 1 N–H and O–H groups in total. The molecule has 1 rings (SSSR count). The van der Waals surface area contributed by atoms with E-state index in [2.05, 4.69) is 0 Å². The van der Waals surface area contributed by atoms with E-state index in [1.807, 2.05) is 0 Å². The lowest BCUT2D eigenvalue weighted by Crippen LogP contribution is -2.08. The summed E-state index contributed by atoms with van der Waals surface area (Å²) in [6.45, 7) is 1.77. The van der Waals surface area contributed by atoms with Crippen molar-refractivity contribution in [2.75, 3.05) is 6.61 Å². The fourth-order valence-corrected chi connectivity index (χ4v) is 0.927. The van der Waals surface area contributed by atoms with Crippen LogP contribution in [0.25, 0.3) is 0 Å².